The van der Waals surface area contributed by atoms with Crippen molar-refractivity contribution in [2.24, 2.45) is 0 Å². The predicted octanol–water partition coefficient (Wildman–Crippen LogP) is 3.27. The van der Waals surface area contributed by atoms with Crippen molar-refractivity contribution >= 4 is 27.6 Å². The maximum absolute atomic E-state index is 12.3. The second-order valence-electron chi connectivity index (χ2n) is 3.47. The van der Waals surface area contributed by atoms with Gasteiger partial charge in [0.1, 0.15) is 11.3 Å². The van der Waals surface area contributed by atoms with Gasteiger partial charge in [-0.15, -0.1) is 0 Å². The SMILES string of the molecule is CCOC(=O)c1cc(CBr)c([N+](=O)[O-])cc1OC(F)F. The fraction of sp³-hybridized carbons (Fsp3) is 0.364. The summed E-state index contributed by atoms with van der Waals surface area (Å²) in [6.45, 7) is -1.63. The lowest BCUT2D eigenvalue weighted by atomic mass is 10.1. The van der Waals surface area contributed by atoms with Crippen molar-refractivity contribution in [3.05, 3.63) is 33.4 Å². The summed E-state index contributed by atoms with van der Waals surface area (Å²) in [4.78, 5) is 21.8. The molecule has 1 rings (SSSR count). The first-order chi connectivity index (χ1) is 9.40. The number of rotatable bonds is 6. The quantitative estimate of drug-likeness (QED) is 0.339. The van der Waals surface area contributed by atoms with Gasteiger partial charge in [-0.3, -0.25) is 10.1 Å². The van der Waals surface area contributed by atoms with Gasteiger partial charge in [0.05, 0.1) is 17.6 Å². The van der Waals surface area contributed by atoms with Gasteiger partial charge in [0.25, 0.3) is 5.69 Å². The van der Waals surface area contributed by atoms with E-state index in [-0.39, 0.29) is 23.1 Å². The lowest BCUT2D eigenvalue weighted by molar-refractivity contribution is -0.385. The summed E-state index contributed by atoms with van der Waals surface area (Å²) in [7, 11) is 0. The molecule has 0 spiro atoms. The van der Waals surface area contributed by atoms with E-state index in [1.165, 1.54) is 0 Å². The van der Waals surface area contributed by atoms with Crippen LogP contribution in [-0.4, -0.2) is 24.1 Å². The second kappa shape index (κ2) is 7.13. The molecule has 20 heavy (non-hydrogen) atoms. The highest BCUT2D eigenvalue weighted by atomic mass is 79.9. The summed E-state index contributed by atoms with van der Waals surface area (Å²) in [6, 6.07) is 1.89. The Morgan fingerprint density at radius 3 is 2.60 bits per heavy atom. The van der Waals surface area contributed by atoms with Crippen molar-refractivity contribution in [2.75, 3.05) is 6.61 Å². The molecule has 0 bridgehead atoms. The molecule has 0 saturated carbocycles. The van der Waals surface area contributed by atoms with Crippen LogP contribution in [0, 0.1) is 10.1 Å². The van der Waals surface area contributed by atoms with Gasteiger partial charge in [-0.25, -0.2) is 4.79 Å². The number of hydrogen-bond donors (Lipinski definition) is 0. The van der Waals surface area contributed by atoms with Crippen molar-refractivity contribution in [1.29, 1.82) is 0 Å². The fourth-order valence-corrected chi connectivity index (χ4v) is 1.90. The number of benzene rings is 1. The van der Waals surface area contributed by atoms with Crippen LogP contribution in [0.3, 0.4) is 0 Å². The minimum atomic E-state index is -3.21. The summed E-state index contributed by atoms with van der Waals surface area (Å²) in [6.07, 6.45) is 0. The number of carbonyl (C=O) groups is 1. The summed E-state index contributed by atoms with van der Waals surface area (Å²) in [5.41, 5.74) is -0.558. The monoisotopic (exact) mass is 353 g/mol. The Balaban J connectivity index is 3.38. The van der Waals surface area contributed by atoms with Crippen LogP contribution in [0.1, 0.15) is 22.8 Å². The predicted molar refractivity (Wildman–Crippen MR) is 68.3 cm³/mol. The highest BCUT2D eigenvalue weighted by molar-refractivity contribution is 9.08. The van der Waals surface area contributed by atoms with E-state index in [0.29, 0.717) is 0 Å². The van der Waals surface area contributed by atoms with E-state index in [1.807, 2.05) is 0 Å². The molecule has 0 fully saturated rings. The largest absolute Gasteiger partial charge is 0.462 e. The third-order valence-corrected chi connectivity index (χ3v) is 2.84. The molecule has 0 unspecified atom stereocenters. The Morgan fingerprint density at radius 1 is 1.50 bits per heavy atom. The molecule has 6 nitrogen and oxygen atoms in total. The van der Waals surface area contributed by atoms with Crippen LogP contribution in [0.4, 0.5) is 14.5 Å². The molecule has 0 atom stereocenters. The van der Waals surface area contributed by atoms with Gasteiger partial charge in [-0.1, -0.05) is 15.9 Å². The fourth-order valence-electron chi connectivity index (χ4n) is 1.45. The number of ether oxygens (including phenoxy) is 2. The Hall–Kier alpha value is -1.77. The number of halogens is 3. The summed E-state index contributed by atoms with van der Waals surface area (Å²) >= 11 is 3.03. The van der Waals surface area contributed by atoms with E-state index in [1.54, 1.807) is 6.92 Å². The van der Waals surface area contributed by atoms with Crippen molar-refractivity contribution < 1.29 is 28.0 Å². The van der Waals surface area contributed by atoms with E-state index in [9.17, 15) is 23.7 Å². The normalized spacial score (nSPS) is 10.4. The Labute approximate surface area is 120 Å². The second-order valence-corrected chi connectivity index (χ2v) is 4.03. The maximum atomic E-state index is 12.3. The van der Waals surface area contributed by atoms with Crippen molar-refractivity contribution in [2.45, 2.75) is 18.9 Å². The molecule has 1 aromatic carbocycles. The van der Waals surface area contributed by atoms with Crippen LogP contribution in [0.25, 0.3) is 0 Å². The van der Waals surface area contributed by atoms with Gasteiger partial charge in [-0.2, -0.15) is 8.78 Å². The molecule has 0 aliphatic rings. The van der Waals surface area contributed by atoms with Gasteiger partial charge < -0.3 is 9.47 Å². The highest BCUT2D eigenvalue weighted by Crippen LogP contribution is 2.32. The first-order valence-electron chi connectivity index (χ1n) is 5.39. The molecule has 0 radical (unpaired) electrons. The molecule has 0 aliphatic heterocycles. The number of nitrogens with zero attached hydrogens (tertiary/aromatic N) is 1. The Morgan fingerprint density at radius 2 is 2.15 bits per heavy atom. The first kappa shape index (κ1) is 16.3. The molecule has 0 heterocycles. The van der Waals surface area contributed by atoms with Crippen LogP contribution < -0.4 is 4.74 Å². The Bertz CT molecular complexity index is 524. The molecule has 0 aliphatic carbocycles. The minimum absolute atomic E-state index is 0.0353. The highest BCUT2D eigenvalue weighted by Gasteiger charge is 2.24. The minimum Gasteiger partial charge on any atom is -0.462 e. The van der Waals surface area contributed by atoms with Crippen molar-refractivity contribution in [3.8, 4) is 5.75 Å². The molecule has 0 aromatic heterocycles. The molecule has 0 amide bonds. The number of nitro benzene ring substituents is 1. The van der Waals surface area contributed by atoms with Gasteiger partial charge in [0.15, 0.2) is 0 Å². The summed E-state index contributed by atoms with van der Waals surface area (Å²) in [5, 5.41) is 10.9. The van der Waals surface area contributed by atoms with Crippen LogP contribution >= 0.6 is 15.9 Å². The molecule has 9 heteroatoms. The molecule has 0 saturated heterocycles. The standard InChI is InChI=1S/C11H10BrF2NO5/c1-2-19-10(16)7-3-6(5-12)8(15(17)18)4-9(7)20-11(13)14/h3-4,11H,2,5H2,1H3. The number of esters is 1. The molecule has 110 valence electrons. The molecule has 1 aromatic rings. The summed E-state index contributed by atoms with van der Waals surface area (Å²) < 4.78 is 33.5. The summed E-state index contributed by atoms with van der Waals surface area (Å²) in [5.74, 6) is -1.48. The number of alkyl halides is 3. The van der Waals surface area contributed by atoms with Gasteiger partial charge in [0, 0.05) is 10.9 Å². The van der Waals surface area contributed by atoms with Crippen LogP contribution in [0.2, 0.25) is 0 Å². The topological polar surface area (TPSA) is 78.7 Å². The number of carbonyl (C=O) groups excluding carboxylic acids is 1. The molecular weight excluding hydrogens is 344 g/mol. The zero-order valence-electron chi connectivity index (χ0n) is 10.3. The first-order valence-corrected chi connectivity index (χ1v) is 6.52. The van der Waals surface area contributed by atoms with Crippen molar-refractivity contribution in [1.82, 2.24) is 0 Å². The van der Waals surface area contributed by atoms with Crippen LogP contribution in [-0.2, 0) is 10.1 Å². The van der Waals surface area contributed by atoms with E-state index in [4.69, 9.17) is 4.74 Å². The van der Waals surface area contributed by atoms with E-state index in [0.717, 1.165) is 12.1 Å². The lowest BCUT2D eigenvalue weighted by Gasteiger charge is -2.11. The van der Waals surface area contributed by atoms with Crippen LogP contribution in [0.5, 0.6) is 5.75 Å². The molecule has 0 N–H and O–H groups in total. The van der Waals surface area contributed by atoms with E-state index < -0.39 is 28.9 Å². The number of hydrogen-bond acceptors (Lipinski definition) is 5. The average molecular weight is 354 g/mol. The Kier molecular flexibility index (Phi) is 5.81. The van der Waals surface area contributed by atoms with E-state index in [2.05, 4.69) is 20.7 Å². The van der Waals surface area contributed by atoms with Gasteiger partial charge >= 0.3 is 12.6 Å². The van der Waals surface area contributed by atoms with Gasteiger partial charge in [0.2, 0.25) is 0 Å². The van der Waals surface area contributed by atoms with Gasteiger partial charge in [-0.05, 0) is 13.0 Å². The average Bonchev–Trinajstić information content (AvgIpc) is 2.37. The smallest absolute Gasteiger partial charge is 0.387 e. The maximum Gasteiger partial charge on any atom is 0.387 e. The molecular formula is C11H10BrF2NO5. The zero-order valence-corrected chi connectivity index (χ0v) is 11.9. The number of nitro groups is 1. The zero-order chi connectivity index (χ0) is 15.3. The van der Waals surface area contributed by atoms with E-state index >= 15 is 0 Å². The van der Waals surface area contributed by atoms with Crippen LogP contribution in [0.15, 0.2) is 12.1 Å². The third-order valence-electron chi connectivity index (χ3n) is 2.23. The lowest BCUT2D eigenvalue weighted by Crippen LogP contribution is -2.12. The van der Waals surface area contributed by atoms with Crippen molar-refractivity contribution in [3.63, 3.8) is 0 Å². The third kappa shape index (κ3) is 3.86.